The topological polar surface area (TPSA) is 0 Å². The smallest absolute Gasteiger partial charge is 0.0272 e. The first kappa shape index (κ1) is 31.2. The Morgan fingerprint density at radius 1 is 0.321 bits per heavy atom. The van der Waals surface area contributed by atoms with Gasteiger partial charge in [0.25, 0.3) is 0 Å². The van der Waals surface area contributed by atoms with Crippen LogP contribution in [-0.4, -0.2) is 0 Å². The Hall–Kier alpha value is -5.98. The second-order valence-corrected chi connectivity index (χ2v) is 17.7. The van der Waals surface area contributed by atoms with Gasteiger partial charge in [0.05, 0.1) is 0 Å². The largest absolute Gasteiger partial charge is 0.0616 e. The lowest BCUT2D eigenvalue weighted by Crippen LogP contribution is -2.55. The van der Waals surface area contributed by atoms with Crippen molar-refractivity contribution in [1.82, 2.24) is 0 Å². The van der Waals surface area contributed by atoms with E-state index in [9.17, 15) is 0 Å². The molecule has 1 spiro atoms. The van der Waals surface area contributed by atoms with E-state index in [2.05, 4.69) is 170 Å². The van der Waals surface area contributed by atoms with E-state index in [1.54, 1.807) is 11.1 Å². The van der Waals surface area contributed by atoms with Gasteiger partial charge < -0.3 is 0 Å². The third kappa shape index (κ3) is 4.25. The normalized spacial score (nSPS) is 23.1. The Morgan fingerprint density at radius 2 is 0.786 bits per heavy atom. The Labute approximate surface area is 328 Å². The quantitative estimate of drug-likeness (QED) is 0.160. The molecule has 14 rings (SSSR count). The summed E-state index contributed by atoms with van der Waals surface area (Å²) in [5.74, 6) is 3.36. The first-order valence-electron chi connectivity index (χ1n) is 20.9. The van der Waals surface area contributed by atoms with Crippen molar-refractivity contribution in [3.05, 3.63) is 181 Å². The monoisotopic (exact) mass is 714 g/mol. The van der Waals surface area contributed by atoms with Crippen LogP contribution in [0.1, 0.15) is 43.2 Å². The molecule has 0 heterocycles. The molecule has 0 unspecified atom stereocenters. The fourth-order valence-corrected chi connectivity index (χ4v) is 13.0. The van der Waals surface area contributed by atoms with Crippen molar-refractivity contribution in [3.63, 3.8) is 0 Å². The third-order valence-corrected chi connectivity index (χ3v) is 15.0. The zero-order chi connectivity index (χ0) is 36.5. The van der Waals surface area contributed by atoms with Crippen molar-refractivity contribution < 1.29 is 0 Å². The van der Waals surface area contributed by atoms with Gasteiger partial charge >= 0.3 is 0 Å². The van der Waals surface area contributed by atoms with Crippen molar-refractivity contribution in [2.45, 2.75) is 37.5 Å². The Balaban J connectivity index is 1.00. The van der Waals surface area contributed by atoms with Gasteiger partial charge in [-0.3, -0.25) is 0 Å². The lowest BCUT2D eigenvalue weighted by molar-refractivity contribution is -0.0398. The second-order valence-electron chi connectivity index (χ2n) is 17.7. The van der Waals surface area contributed by atoms with Gasteiger partial charge in [0.2, 0.25) is 0 Å². The Kier molecular flexibility index (Phi) is 6.43. The fraction of sp³-hybridized carbons (Fsp3) is 0.179. The van der Waals surface area contributed by atoms with Gasteiger partial charge in [-0.15, -0.1) is 0 Å². The van der Waals surface area contributed by atoms with Crippen LogP contribution in [0.15, 0.2) is 170 Å². The highest BCUT2D eigenvalue weighted by molar-refractivity contribution is 6.21. The molecule has 0 radical (unpaired) electrons. The van der Waals surface area contributed by atoms with Crippen LogP contribution in [0.25, 0.3) is 87.6 Å². The van der Waals surface area contributed by atoms with Crippen molar-refractivity contribution in [3.8, 4) is 44.5 Å². The molecule has 266 valence electrons. The van der Waals surface area contributed by atoms with Gasteiger partial charge in [-0.25, -0.2) is 0 Å². The van der Waals surface area contributed by atoms with Crippen molar-refractivity contribution in [1.29, 1.82) is 0 Å². The van der Waals surface area contributed by atoms with Gasteiger partial charge in [0.1, 0.15) is 0 Å². The molecule has 0 atom stereocenters. The zero-order valence-corrected chi connectivity index (χ0v) is 31.5. The number of fused-ring (bicyclic) bond motifs is 7. The van der Waals surface area contributed by atoms with E-state index in [1.807, 2.05) is 0 Å². The van der Waals surface area contributed by atoms with E-state index in [0.717, 1.165) is 23.7 Å². The van der Waals surface area contributed by atoms with Crippen molar-refractivity contribution in [2.24, 2.45) is 23.7 Å². The molecule has 9 aromatic carbocycles. The molecule has 0 nitrogen and oxygen atoms in total. The summed E-state index contributed by atoms with van der Waals surface area (Å²) in [6.07, 6.45) is 7.09. The van der Waals surface area contributed by atoms with Crippen LogP contribution < -0.4 is 0 Å². The maximum absolute atomic E-state index is 2.62. The molecule has 0 heteroatoms. The summed E-state index contributed by atoms with van der Waals surface area (Å²) in [6, 6.07) is 64.9. The zero-order valence-electron chi connectivity index (χ0n) is 31.5. The Morgan fingerprint density at radius 3 is 1.41 bits per heavy atom. The highest BCUT2D eigenvalue weighted by Gasteiger charge is 2.61. The summed E-state index contributed by atoms with van der Waals surface area (Å²) in [5.41, 5.74) is 14.1. The van der Waals surface area contributed by atoms with Crippen LogP contribution in [0.3, 0.4) is 0 Å². The van der Waals surface area contributed by atoms with E-state index < -0.39 is 0 Å². The third-order valence-electron chi connectivity index (χ3n) is 15.0. The minimum absolute atomic E-state index is 0.146. The first-order valence-corrected chi connectivity index (χ1v) is 20.9. The van der Waals surface area contributed by atoms with Gasteiger partial charge in [0, 0.05) is 5.41 Å². The maximum atomic E-state index is 2.62. The molecule has 56 heavy (non-hydrogen) atoms. The standard InChI is InChI=1S/C56H42/c1-2-10-39-30-42(22-19-36(39)9-1)37-17-20-38(21-18-37)54-46-13-5-7-15-48(46)55(49-16-8-6-14-47(49)54)43-23-24-52-50(32-43)51-31-40-11-3-4-12-41(40)33-53(51)56(52)44-26-34-25-35(28-44)29-45(56)27-34/h1-24,30-35,44-45H,25-29H2. The first-order chi connectivity index (χ1) is 27.7. The van der Waals surface area contributed by atoms with Gasteiger partial charge in [0.15, 0.2) is 0 Å². The van der Waals surface area contributed by atoms with Crippen LogP contribution >= 0.6 is 0 Å². The SMILES string of the molecule is c1ccc2cc(-c3ccc(-c4c5ccccc5c(-c5ccc6c(c5)-c5cc7ccccc7cc5C65C6CC7CC(C6)CC5C7)c5ccccc45)cc3)ccc2c1. The molecule has 5 aliphatic rings. The summed E-state index contributed by atoms with van der Waals surface area (Å²) >= 11 is 0. The highest BCUT2D eigenvalue weighted by atomic mass is 14.6. The summed E-state index contributed by atoms with van der Waals surface area (Å²) in [4.78, 5) is 0. The molecule has 0 N–H and O–H groups in total. The highest BCUT2D eigenvalue weighted by Crippen LogP contribution is 2.70. The number of rotatable bonds is 3. The minimum atomic E-state index is 0.146. The maximum Gasteiger partial charge on any atom is 0.0272 e. The van der Waals surface area contributed by atoms with Crippen molar-refractivity contribution in [2.75, 3.05) is 0 Å². The Bertz CT molecular complexity index is 3000. The van der Waals surface area contributed by atoms with Crippen LogP contribution in [0.2, 0.25) is 0 Å². The predicted molar refractivity (Wildman–Crippen MR) is 236 cm³/mol. The molecule has 0 amide bonds. The molecule has 4 saturated carbocycles. The average molecular weight is 715 g/mol. The minimum Gasteiger partial charge on any atom is -0.0616 e. The number of benzene rings is 9. The van der Waals surface area contributed by atoms with Crippen LogP contribution in [0, 0.1) is 23.7 Å². The number of hydrogen-bond acceptors (Lipinski definition) is 0. The summed E-state index contributed by atoms with van der Waals surface area (Å²) in [5, 5.41) is 10.6. The molecule has 0 aliphatic heterocycles. The second kappa shape index (κ2) is 11.5. The van der Waals surface area contributed by atoms with E-state index in [1.165, 1.54) is 120 Å². The molecule has 4 bridgehead atoms. The number of hydrogen-bond donors (Lipinski definition) is 0. The van der Waals surface area contributed by atoms with Crippen LogP contribution in [-0.2, 0) is 5.41 Å². The van der Waals surface area contributed by atoms with Crippen LogP contribution in [0.5, 0.6) is 0 Å². The molecular formula is C56H42. The van der Waals surface area contributed by atoms with Crippen molar-refractivity contribution >= 4 is 43.1 Å². The molecule has 4 fully saturated rings. The predicted octanol–water partition coefficient (Wildman–Crippen LogP) is 15.0. The van der Waals surface area contributed by atoms with E-state index >= 15 is 0 Å². The average Bonchev–Trinajstić information content (AvgIpc) is 3.52. The van der Waals surface area contributed by atoms with Gasteiger partial charge in [-0.1, -0.05) is 146 Å². The van der Waals surface area contributed by atoms with Gasteiger partial charge in [-0.05, 0) is 179 Å². The molecule has 9 aromatic rings. The molecule has 0 saturated heterocycles. The fourth-order valence-electron chi connectivity index (χ4n) is 13.0. The summed E-state index contributed by atoms with van der Waals surface area (Å²) < 4.78 is 0. The summed E-state index contributed by atoms with van der Waals surface area (Å²) in [7, 11) is 0. The van der Waals surface area contributed by atoms with E-state index in [0.29, 0.717) is 0 Å². The molecular weight excluding hydrogens is 673 g/mol. The van der Waals surface area contributed by atoms with E-state index in [4.69, 9.17) is 0 Å². The molecule has 5 aliphatic carbocycles. The lowest BCUT2D eigenvalue weighted by atomic mass is 9.43. The van der Waals surface area contributed by atoms with E-state index in [-0.39, 0.29) is 5.41 Å². The summed E-state index contributed by atoms with van der Waals surface area (Å²) in [6.45, 7) is 0. The molecule has 0 aromatic heterocycles. The van der Waals surface area contributed by atoms with Crippen LogP contribution in [0.4, 0.5) is 0 Å². The van der Waals surface area contributed by atoms with Gasteiger partial charge in [-0.2, -0.15) is 0 Å². The lowest BCUT2D eigenvalue weighted by Gasteiger charge is -2.61.